The predicted octanol–water partition coefficient (Wildman–Crippen LogP) is -0.170. The maximum Gasteiger partial charge on any atom is 0.236 e. The second-order valence-electron chi connectivity index (χ2n) is 5.58. The van der Waals surface area contributed by atoms with Crippen molar-refractivity contribution >= 4 is 5.91 Å². The van der Waals surface area contributed by atoms with Crippen molar-refractivity contribution in [3.05, 3.63) is 0 Å². The van der Waals surface area contributed by atoms with Crippen molar-refractivity contribution in [2.75, 3.05) is 39.8 Å². The molecule has 6 nitrogen and oxygen atoms in total. The highest BCUT2D eigenvalue weighted by Crippen LogP contribution is 2.20. The second-order valence-corrected chi connectivity index (χ2v) is 5.58. The number of nitriles is 1. The Morgan fingerprint density at radius 3 is 2.89 bits per heavy atom. The third kappa shape index (κ3) is 5.15. The summed E-state index contributed by atoms with van der Waals surface area (Å²) in [6.07, 6.45) is 0.0943. The fourth-order valence-electron chi connectivity index (χ4n) is 2.29. The first-order valence-electron chi connectivity index (χ1n) is 6.50. The van der Waals surface area contributed by atoms with E-state index in [0.717, 1.165) is 0 Å². The molecule has 1 rings (SSSR count). The Bertz CT molecular complexity index is 352. The number of amides is 1. The van der Waals surface area contributed by atoms with Crippen LogP contribution < -0.4 is 0 Å². The lowest BCUT2D eigenvalue weighted by Crippen LogP contribution is -2.55. The Kier molecular flexibility index (Phi) is 5.73. The molecule has 1 unspecified atom stereocenters. The van der Waals surface area contributed by atoms with Crippen LogP contribution in [0, 0.1) is 11.3 Å². The Morgan fingerprint density at radius 1 is 1.63 bits per heavy atom. The van der Waals surface area contributed by atoms with E-state index in [4.69, 9.17) is 10.00 Å². The molecule has 0 aromatic rings. The van der Waals surface area contributed by atoms with Gasteiger partial charge in [-0.1, -0.05) is 0 Å². The van der Waals surface area contributed by atoms with E-state index in [1.165, 1.54) is 0 Å². The fraction of sp³-hybridized carbons (Fsp3) is 0.846. The van der Waals surface area contributed by atoms with Crippen molar-refractivity contribution in [3.8, 4) is 6.07 Å². The van der Waals surface area contributed by atoms with Crippen molar-refractivity contribution < 1.29 is 14.6 Å². The highest BCUT2D eigenvalue weighted by Gasteiger charge is 2.33. The van der Waals surface area contributed by atoms with Crippen molar-refractivity contribution in [2.45, 2.75) is 32.0 Å². The van der Waals surface area contributed by atoms with Gasteiger partial charge in [-0.2, -0.15) is 5.26 Å². The standard InChI is InChI=1S/C13H23N3O3/c1-13(2)10-16(7-11(9-17)19-13)8-12(18)15(3)6-4-5-14/h11,17H,4,6-10H2,1-3H3. The number of likely N-dealkylation sites (N-methyl/N-ethyl adjacent to an activating group) is 1. The van der Waals surface area contributed by atoms with E-state index in [9.17, 15) is 9.90 Å². The van der Waals surface area contributed by atoms with E-state index < -0.39 is 0 Å². The molecule has 0 aromatic heterocycles. The zero-order valence-electron chi connectivity index (χ0n) is 11.9. The number of hydrogen-bond acceptors (Lipinski definition) is 5. The van der Waals surface area contributed by atoms with Gasteiger partial charge in [0.05, 0.1) is 37.3 Å². The monoisotopic (exact) mass is 269 g/mol. The van der Waals surface area contributed by atoms with E-state index in [-0.39, 0.29) is 24.2 Å². The van der Waals surface area contributed by atoms with E-state index >= 15 is 0 Å². The molecule has 1 aliphatic heterocycles. The molecule has 19 heavy (non-hydrogen) atoms. The van der Waals surface area contributed by atoms with Crippen LogP contribution in [0.25, 0.3) is 0 Å². The molecule has 1 amide bonds. The third-order valence-electron chi connectivity index (χ3n) is 3.10. The molecule has 108 valence electrons. The number of ether oxygens (including phenoxy) is 1. The van der Waals surface area contributed by atoms with Gasteiger partial charge in [-0.25, -0.2) is 0 Å². The highest BCUT2D eigenvalue weighted by atomic mass is 16.5. The lowest BCUT2D eigenvalue weighted by atomic mass is 10.1. The van der Waals surface area contributed by atoms with Gasteiger partial charge in [-0.3, -0.25) is 9.69 Å². The molecule has 1 heterocycles. The van der Waals surface area contributed by atoms with E-state index in [1.807, 2.05) is 24.8 Å². The summed E-state index contributed by atoms with van der Waals surface area (Å²) in [4.78, 5) is 15.6. The summed E-state index contributed by atoms with van der Waals surface area (Å²) in [5.74, 6) is -0.00959. The normalized spacial score (nSPS) is 22.8. The van der Waals surface area contributed by atoms with E-state index in [2.05, 4.69) is 0 Å². The van der Waals surface area contributed by atoms with Gasteiger partial charge in [0, 0.05) is 26.7 Å². The molecular weight excluding hydrogens is 246 g/mol. The fourth-order valence-corrected chi connectivity index (χ4v) is 2.29. The minimum Gasteiger partial charge on any atom is -0.394 e. The van der Waals surface area contributed by atoms with Crippen LogP contribution in [-0.4, -0.2) is 72.4 Å². The van der Waals surface area contributed by atoms with Crippen molar-refractivity contribution in [3.63, 3.8) is 0 Å². The Morgan fingerprint density at radius 2 is 2.32 bits per heavy atom. The summed E-state index contributed by atoms with van der Waals surface area (Å²) in [6.45, 7) is 5.81. The summed E-state index contributed by atoms with van der Waals surface area (Å²) in [6, 6.07) is 2.03. The topological polar surface area (TPSA) is 76.8 Å². The number of carbonyl (C=O) groups excluding carboxylic acids is 1. The summed E-state index contributed by atoms with van der Waals surface area (Å²) < 4.78 is 5.70. The van der Waals surface area contributed by atoms with Crippen LogP contribution in [0.5, 0.6) is 0 Å². The second kappa shape index (κ2) is 6.85. The molecule has 0 radical (unpaired) electrons. The van der Waals surface area contributed by atoms with Crippen LogP contribution in [0.2, 0.25) is 0 Å². The van der Waals surface area contributed by atoms with Gasteiger partial charge in [0.25, 0.3) is 0 Å². The molecule has 1 saturated heterocycles. The van der Waals surface area contributed by atoms with Crippen LogP contribution in [0.15, 0.2) is 0 Å². The molecule has 6 heteroatoms. The smallest absolute Gasteiger partial charge is 0.236 e. The first-order chi connectivity index (χ1) is 8.88. The zero-order chi connectivity index (χ0) is 14.5. The molecule has 0 bridgehead atoms. The molecule has 1 atom stereocenters. The maximum absolute atomic E-state index is 12.0. The van der Waals surface area contributed by atoms with Gasteiger partial charge in [-0.05, 0) is 13.8 Å². The van der Waals surface area contributed by atoms with Gasteiger partial charge in [0.1, 0.15) is 0 Å². The van der Waals surface area contributed by atoms with Gasteiger partial charge < -0.3 is 14.7 Å². The number of aliphatic hydroxyl groups excluding tert-OH is 1. The highest BCUT2D eigenvalue weighted by molar-refractivity contribution is 5.78. The third-order valence-corrected chi connectivity index (χ3v) is 3.10. The van der Waals surface area contributed by atoms with Crippen molar-refractivity contribution in [1.29, 1.82) is 5.26 Å². The Balaban J connectivity index is 2.51. The summed E-state index contributed by atoms with van der Waals surface area (Å²) >= 11 is 0. The minimum atomic E-state index is -0.364. The Hall–Kier alpha value is -1.16. The molecule has 0 saturated carbocycles. The van der Waals surface area contributed by atoms with Crippen molar-refractivity contribution in [2.24, 2.45) is 0 Å². The SMILES string of the molecule is CN(CCC#N)C(=O)CN1CC(CO)OC(C)(C)C1. The maximum atomic E-state index is 12.0. The van der Waals surface area contributed by atoms with Gasteiger partial charge in [0.15, 0.2) is 0 Å². The molecule has 0 spiro atoms. The predicted molar refractivity (Wildman–Crippen MR) is 70.3 cm³/mol. The lowest BCUT2D eigenvalue weighted by Gasteiger charge is -2.42. The molecule has 0 aromatic carbocycles. The number of nitrogens with zero attached hydrogens (tertiary/aromatic N) is 3. The number of rotatable bonds is 5. The zero-order valence-corrected chi connectivity index (χ0v) is 11.9. The van der Waals surface area contributed by atoms with Gasteiger partial charge in [0.2, 0.25) is 5.91 Å². The summed E-state index contributed by atoms with van der Waals surface area (Å²) in [5.41, 5.74) is -0.364. The van der Waals surface area contributed by atoms with Gasteiger partial charge in [-0.15, -0.1) is 0 Å². The van der Waals surface area contributed by atoms with Crippen LogP contribution in [0.3, 0.4) is 0 Å². The van der Waals surface area contributed by atoms with Crippen LogP contribution in [0.4, 0.5) is 0 Å². The van der Waals surface area contributed by atoms with E-state index in [0.29, 0.717) is 32.6 Å². The van der Waals surface area contributed by atoms with Crippen LogP contribution in [-0.2, 0) is 9.53 Å². The summed E-state index contributed by atoms with van der Waals surface area (Å²) in [7, 11) is 1.70. The molecule has 1 N–H and O–H groups in total. The molecule has 0 aliphatic carbocycles. The largest absolute Gasteiger partial charge is 0.394 e. The lowest BCUT2D eigenvalue weighted by molar-refractivity contribution is -0.156. The number of carbonyl (C=O) groups is 1. The minimum absolute atomic E-state index is 0.00959. The summed E-state index contributed by atoms with van der Waals surface area (Å²) in [5, 5.41) is 17.7. The average Bonchev–Trinajstić information content (AvgIpc) is 2.33. The quantitative estimate of drug-likeness (QED) is 0.750. The van der Waals surface area contributed by atoms with E-state index in [1.54, 1.807) is 11.9 Å². The van der Waals surface area contributed by atoms with Crippen molar-refractivity contribution in [1.82, 2.24) is 9.80 Å². The number of aliphatic hydroxyl groups is 1. The average molecular weight is 269 g/mol. The number of hydrogen-bond donors (Lipinski definition) is 1. The molecule has 1 aliphatic rings. The Labute approximate surface area is 114 Å². The molecule has 1 fully saturated rings. The first-order valence-corrected chi connectivity index (χ1v) is 6.50. The van der Waals surface area contributed by atoms with Crippen LogP contribution >= 0.6 is 0 Å². The molecular formula is C13H23N3O3. The van der Waals surface area contributed by atoms with Gasteiger partial charge >= 0.3 is 0 Å². The number of morpholine rings is 1. The first kappa shape index (κ1) is 15.9. The van der Waals surface area contributed by atoms with Crippen LogP contribution in [0.1, 0.15) is 20.3 Å².